The third kappa shape index (κ3) is 3.52. The number of carbonyl (C=O) groups is 1. The number of nitrogens with one attached hydrogen (secondary N) is 1. The summed E-state index contributed by atoms with van der Waals surface area (Å²) >= 11 is 1.51. The summed E-state index contributed by atoms with van der Waals surface area (Å²) in [4.78, 5) is 14.3. The first-order valence-electron chi connectivity index (χ1n) is 9.02. The number of ether oxygens (including phenoxy) is 1. The van der Waals surface area contributed by atoms with Gasteiger partial charge in [-0.15, -0.1) is 11.3 Å². The SMILES string of the molecule is Cc1ccc(Cn2nc(C)c3cc(C(=O)NCC4CCCO4)sc32)cc1. The molecular weight excluding hydrogens is 346 g/mol. The summed E-state index contributed by atoms with van der Waals surface area (Å²) in [6.07, 6.45) is 2.27. The van der Waals surface area contributed by atoms with Crippen LogP contribution in [0.25, 0.3) is 10.2 Å². The van der Waals surface area contributed by atoms with Gasteiger partial charge in [0.1, 0.15) is 4.83 Å². The van der Waals surface area contributed by atoms with Gasteiger partial charge in [0, 0.05) is 18.5 Å². The van der Waals surface area contributed by atoms with Gasteiger partial charge in [-0.2, -0.15) is 5.10 Å². The molecule has 0 aliphatic carbocycles. The Kier molecular flexibility index (Phi) is 4.78. The lowest BCUT2D eigenvalue weighted by molar-refractivity contribution is 0.0861. The van der Waals surface area contributed by atoms with E-state index in [4.69, 9.17) is 4.74 Å². The molecule has 136 valence electrons. The molecule has 1 aliphatic heterocycles. The second kappa shape index (κ2) is 7.21. The third-order valence-corrected chi connectivity index (χ3v) is 5.95. The number of hydrogen-bond acceptors (Lipinski definition) is 4. The normalized spacial score (nSPS) is 17.1. The molecule has 1 saturated heterocycles. The maximum absolute atomic E-state index is 12.5. The second-order valence-electron chi connectivity index (χ2n) is 6.90. The topological polar surface area (TPSA) is 56.2 Å². The van der Waals surface area contributed by atoms with E-state index < -0.39 is 0 Å². The Hall–Kier alpha value is -2.18. The molecule has 0 saturated carbocycles. The number of thiophene rings is 1. The zero-order valence-corrected chi connectivity index (χ0v) is 15.9. The van der Waals surface area contributed by atoms with Crippen LogP contribution < -0.4 is 5.32 Å². The van der Waals surface area contributed by atoms with Gasteiger partial charge in [0.15, 0.2) is 0 Å². The van der Waals surface area contributed by atoms with Crippen LogP contribution in [0.5, 0.6) is 0 Å². The molecule has 0 bridgehead atoms. The molecule has 5 nitrogen and oxygen atoms in total. The van der Waals surface area contributed by atoms with Crippen LogP contribution in [0.1, 0.15) is 39.3 Å². The molecule has 1 fully saturated rings. The number of benzene rings is 1. The minimum atomic E-state index is -0.0250. The average molecular weight is 369 g/mol. The third-order valence-electron chi connectivity index (χ3n) is 4.80. The van der Waals surface area contributed by atoms with Crippen molar-refractivity contribution in [1.29, 1.82) is 0 Å². The summed E-state index contributed by atoms with van der Waals surface area (Å²) < 4.78 is 7.57. The van der Waals surface area contributed by atoms with E-state index in [1.807, 2.05) is 17.7 Å². The summed E-state index contributed by atoms with van der Waals surface area (Å²) in [6, 6.07) is 10.4. The van der Waals surface area contributed by atoms with E-state index in [0.29, 0.717) is 13.1 Å². The molecule has 3 heterocycles. The summed E-state index contributed by atoms with van der Waals surface area (Å²) in [6.45, 7) is 6.18. The van der Waals surface area contributed by atoms with Crippen molar-refractivity contribution >= 4 is 27.5 Å². The van der Waals surface area contributed by atoms with E-state index in [9.17, 15) is 4.79 Å². The van der Waals surface area contributed by atoms with Gasteiger partial charge in [-0.25, -0.2) is 0 Å². The van der Waals surface area contributed by atoms with Gasteiger partial charge < -0.3 is 10.1 Å². The predicted octanol–water partition coefficient (Wildman–Crippen LogP) is 3.67. The smallest absolute Gasteiger partial charge is 0.261 e. The highest BCUT2D eigenvalue weighted by Gasteiger charge is 2.19. The molecule has 4 rings (SSSR count). The summed E-state index contributed by atoms with van der Waals surface area (Å²) in [5, 5.41) is 8.72. The van der Waals surface area contributed by atoms with E-state index >= 15 is 0 Å². The fourth-order valence-electron chi connectivity index (χ4n) is 3.30. The standard InChI is InChI=1S/C20H23N3O2S/c1-13-5-7-15(8-6-13)12-23-20-17(14(2)22-23)10-18(26-20)19(24)21-11-16-4-3-9-25-16/h5-8,10,16H,3-4,9,11-12H2,1-2H3,(H,21,24). The lowest BCUT2D eigenvalue weighted by Crippen LogP contribution is -2.31. The maximum Gasteiger partial charge on any atom is 0.261 e. The molecular formula is C20H23N3O2S. The quantitative estimate of drug-likeness (QED) is 0.746. The summed E-state index contributed by atoms with van der Waals surface area (Å²) in [7, 11) is 0. The predicted molar refractivity (Wildman–Crippen MR) is 104 cm³/mol. The van der Waals surface area contributed by atoms with Crippen LogP contribution in [-0.2, 0) is 11.3 Å². The zero-order valence-electron chi connectivity index (χ0n) is 15.1. The van der Waals surface area contributed by atoms with Gasteiger partial charge in [0.05, 0.1) is 23.2 Å². The van der Waals surface area contributed by atoms with E-state index in [-0.39, 0.29) is 12.0 Å². The lowest BCUT2D eigenvalue weighted by Gasteiger charge is -2.09. The number of aryl methyl sites for hydroxylation is 2. The lowest BCUT2D eigenvalue weighted by atomic mass is 10.1. The van der Waals surface area contributed by atoms with Crippen molar-refractivity contribution in [2.24, 2.45) is 0 Å². The first-order chi connectivity index (χ1) is 12.6. The Bertz CT molecular complexity index is 921. The minimum Gasteiger partial charge on any atom is -0.376 e. The van der Waals surface area contributed by atoms with Gasteiger partial charge >= 0.3 is 0 Å². The molecule has 0 spiro atoms. The molecule has 6 heteroatoms. The van der Waals surface area contributed by atoms with Crippen LogP contribution in [0.3, 0.4) is 0 Å². The van der Waals surface area contributed by atoms with Gasteiger partial charge in [-0.05, 0) is 38.3 Å². The zero-order chi connectivity index (χ0) is 18.1. The molecule has 1 unspecified atom stereocenters. The number of carbonyl (C=O) groups excluding carboxylic acids is 1. The number of rotatable bonds is 5. The highest BCUT2D eigenvalue weighted by Crippen LogP contribution is 2.29. The molecule has 1 N–H and O–H groups in total. The Morgan fingerprint density at radius 2 is 2.15 bits per heavy atom. The molecule has 1 aromatic carbocycles. The fourth-order valence-corrected chi connectivity index (χ4v) is 4.37. The van der Waals surface area contributed by atoms with E-state index in [1.54, 1.807) is 0 Å². The molecule has 3 aromatic rings. The average Bonchev–Trinajstić information content (AvgIpc) is 3.35. The van der Waals surface area contributed by atoms with Gasteiger partial charge in [-0.3, -0.25) is 9.48 Å². The van der Waals surface area contributed by atoms with Crippen molar-refractivity contribution in [3.8, 4) is 0 Å². The monoisotopic (exact) mass is 369 g/mol. The molecule has 1 atom stereocenters. The van der Waals surface area contributed by atoms with Crippen LogP contribution in [0.2, 0.25) is 0 Å². The van der Waals surface area contributed by atoms with Crippen LogP contribution in [0.4, 0.5) is 0 Å². The Balaban J connectivity index is 1.52. The van der Waals surface area contributed by atoms with E-state index in [1.165, 1.54) is 22.5 Å². The van der Waals surface area contributed by atoms with Crippen molar-refractivity contribution in [1.82, 2.24) is 15.1 Å². The van der Waals surface area contributed by atoms with Crippen molar-refractivity contribution < 1.29 is 9.53 Å². The number of aromatic nitrogens is 2. The molecule has 1 aliphatic rings. The highest BCUT2D eigenvalue weighted by atomic mass is 32.1. The first-order valence-corrected chi connectivity index (χ1v) is 9.84. The van der Waals surface area contributed by atoms with Crippen molar-refractivity contribution in [2.45, 2.75) is 39.3 Å². The number of hydrogen-bond donors (Lipinski definition) is 1. The summed E-state index contributed by atoms with van der Waals surface area (Å²) in [5.41, 5.74) is 3.41. The molecule has 0 radical (unpaired) electrons. The number of fused-ring (bicyclic) bond motifs is 1. The number of amides is 1. The first kappa shape index (κ1) is 17.2. The van der Waals surface area contributed by atoms with Crippen LogP contribution in [0, 0.1) is 13.8 Å². The largest absolute Gasteiger partial charge is 0.376 e. The van der Waals surface area contributed by atoms with Crippen molar-refractivity contribution in [3.05, 3.63) is 52.0 Å². The fraction of sp³-hybridized carbons (Fsp3) is 0.400. The van der Waals surface area contributed by atoms with Gasteiger partial charge in [-0.1, -0.05) is 29.8 Å². The van der Waals surface area contributed by atoms with E-state index in [2.05, 4.69) is 41.6 Å². The Morgan fingerprint density at radius 3 is 2.88 bits per heavy atom. The highest BCUT2D eigenvalue weighted by molar-refractivity contribution is 7.20. The molecule has 1 amide bonds. The Labute approximate surface area is 157 Å². The van der Waals surface area contributed by atoms with Crippen molar-refractivity contribution in [3.63, 3.8) is 0 Å². The van der Waals surface area contributed by atoms with Gasteiger partial charge in [0.2, 0.25) is 0 Å². The Morgan fingerprint density at radius 1 is 1.35 bits per heavy atom. The van der Waals surface area contributed by atoms with Crippen LogP contribution in [-0.4, -0.2) is 34.9 Å². The summed E-state index contributed by atoms with van der Waals surface area (Å²) in [5.74, 6) is -0.0250. The van der Waals surface area contributed by atoms with E-state index in [0.717, 1.165) is 40.2 Å². The minimum absolute atomic E-state index is 0.0250. The number of nitrogens with zero attached hydrogens (tertiary/aromatic N) is 2. The van der Waals surface area contributed by atoms with Crippen LogP contribution in [0.15, 0.2) is 30.3 Å². The maximum atomic E-state index is 12.5. The second-order valence-corrected chi connectivity index (χ2v) is 7.93. The molecule has 2 aromatic heterocycles. The van der Waals surface area contributed by atoms with Crippen molar-refractivity contribution in [2.75, 3.05) is 13.2 Å². The van der Waals surface area contributed by atoms with Crippen LogP contribution >= 0.6 is 11.3 Å². The molecule has 26 heavy (non-hydrogen) atoms. The van der Waals surface area contributed by atoms with Gasteiger partial charge in [0.25, 0.3) is 5.91 Å².